The average molecular weight is 374 g/mol. The number of benzene rings is 2. The van der Waals surface area contributed by atoms with Crippen molar-refractivity contribution < 1.29 is 13.2 Å². The molecular formula is C21H27NO3S. The molecular weight excluding hydrogens is 346 g/mol. The van der Waals surface area contributed by atoms with Gasteiger partial charge in [0.25, 0.3) is 0 Å². The van der Waals surface area contributed by atoms with E-state index in [0.717, 1.165) is 43.8 Å². The molecule has 0 saturated carbocycles. The lowest BCUT2D eigenvalue weighted by atomic mass is 9.99. The minimum Gasteiger partial charge on any atom is -0.489 e. The van der Waals surface area contributed by atoms with Crippen molar-refractivity contribution in [1.82, 2.24) is 4.90 Å². The molecule has 0 spiro atoms. The number of nitrogens with zero attached hydrogens (tertiary/aromatic N) is 1. The van der Waals surface area contributed by atoms with E-state index >= 15 is 0 Å². The number of likely N-dealkylation sites (tertiary alicyclic amines) is 1. The summed E-state index contributed by atoms with van der Waals surface area (Å²) < 4.78 is 28.9. The third-order valence-electron chi connectivity index (χ3n) is 4.72. The normalized spacial score (nSPS) is 18.6. The van der Waals surface area contributed by atoms with Crippen LogP contribution in [0.1, 0.15) is 24.0 Å². The molecule has 1 fully saturated rings. The van der Waals surface area contributed by atoms with Crippen LogP contribution in [0.15, 0.2) is 54.6 Å². The molecule has 1 heterocycles. The van der Waals surface area contributed by atoms with E-state index in [2.05, 4.69) is 29.2 Å². The zero-order chi connectivity index (χ0) is 18.4. The van der Waals surface area contributed by atoms with Crippen LogP contribution in [0.2, 0.25) is 0 Å². The summed E-state index contributed by atoms with van der Waals surface area (Å²) in [6.45, 7) is 3.32. The second-order valence-corrected chi connectivity index (χ2v) is 9.44. The largest absolute Gasteiger partial charge is 0.489 e. The van der Waals surface area contributed by atoms with E-state index in [0.29, 0.717) is 12.4 Å². The summed E-state index contributed by atoms with van der Waals surface area (Å²) in [7, 11) is -2.90. The third kappa shape index (κ3) is 6.15. The highest BCUT2D eigenvalue weighted by Crippen LogP contribution is 2.21. The SMILES string of the molecule is CS(=O)(=O)CC1CCCN(Cc2ccc(OCc3ccccc3)cc2)C1. The van der Waals surface area contributed by atoms with Gasteiger partial charge in [-0.15, -0.1) is 0 Å². The van der Waals surface area contributed by atoms with Gasteiger partial charge in [0.05, 0.1) is 5.75 Å². The second-order valence-electron chi connectivity index (χ2n) is 7.25. The lowest BCUT2D eigenvalue weighted by Gasteiger charge is -2.32. The molecule has 3 rings (SSSR count). The van der Waals surface area contributed by atoms with Crippen LogP contribution >= 0.6 is 0 Å². The number of piperidine rings is 1. The van der Waals surface area contributed by atoms with Crippen LogP contribution < -0.4 is 4.74 Å². The van der Waals surface area contributed by atoms with Gasteiger partial charge in [-0.1, -0.05) is 42.5 Å². The van der Waals surface area contributed by atoms with Crippen molar-refractivity contribution in [3.63, 3.8) is 0 Å². The maximum Gasteiger partial charge on any atom is 0.147 e. The Kier molecular flexibility index (Phi) is 6.33. The molecule has 0 aliphatic carbocycles. The summed E-state index contributed by atoms with van der Waals surface area (Å²) in [6, 6.07) is 18.3. The second kappa shape index (κ2) is 8.69. The summed E-state index contributed by atoms with van der Waals surface area (Å²) >= 11 is 0. The zero-order valence-electron chi connectivity index (χ0n) is 15.3. The molecule has 5 heteroatoms. The number of rotatable bonds is 7. The molecule has 2 aromatic carbocycles. The van der Waals surface area contributed by atoms with Crippen molar-refractivity contribution >= 4 is 9.84 Å². The van der Waals surface area contributed by atoms with E-state index < -0.39 is 9.84 Å². The molecule has 140 valence electrons. The Balaban J connectivity index is 1.50. The molecule has 4 nitrogen and oxygen atoms in total. The molecule has 1 unspecified atom stereocenters. The smallest absolute Gasteiger partial charge is 0.147 e. The molecule has 1 saturated heterocycles. The fraction of sp³-hybridized carbons (Fsp3) is 0.429. The minimum atomic E-state index is -2.90. The Hall–Kier alpha value is -1.85. The van der Waals surface area contributed by atoms with Gasteiger partial charge in [0.15, 0.2) is 0 Å². The highest BCUT2D eigenvalue weighted by Gasteiger charge is 2.23. The van der Waals surface area contributed by atoms with Crippen molar-refractivity contribution in [2.75, 3.05) is 25.1 Å². The Morgan fingerprint density at radius 1 is 1.04 bits per heavy atom. The Morgan fingerprint density at radius 3 is 2.46 bits per heavy atom. The lowest BCUT2D eigenvalue weighted by Crippen LogP contribution is -2.37. The molecule has 1 atom stereocenters. The molecule has 0 N–H and O–H groups in total. The highest BCUT2D eigenvalue weighted by molar-refractivity contribution is 7.90. The molecule has 0 aromatic heterocycles. The van der Waals surface area contributed by atoms with Crippen LogP contribution in [0.4, 0.5) is 0 Å². The number of sulfone groups is 1. The fourth-order valence-corrected chi connectivity index (χ4v) is 4.68. The Morgan fingerprint density at radius 2 is 1.77 bits per heavy atom. The van der Waals surface area contributed by atoms with Gasteiger partial charge in [-0.05, 0) is 48.6 Å². The van der Waals surface area contributed by atoms with Crippen LogP contribution in [-0.2, 0) is 23.0 Å². The Bertz CT molecular complexity index is 788. The molecule has 0 bridgehead atoms. The van der Waals surface area contributed by atoms with Gasteiger partial charge in [0, 0.05) is 19.3 Å². The summed E-state index contributed by atoms with van der Waals surface area (Å²) in [4.78, 5) is 2.36. The first kappa shape index (κ1) is 18.9. The summed E-state index contributed by atoms with van der Waals surface area (Å²) in [6.07, 6.45) is 3.41. The highest BCUT2D eigenvalue weighted by atomic mass is 32.2. The van der Waals surface area contributed by atoms with Crippen molar-refractivity contribution in [1.29, 1.82) is 0 Å². The van der Waals surface area contributed by atoms with Crippen LogP contribution in [0.5, 0.6) is 5.75 Å². The van der Waals surface area contributed by atoms with E-state index in [-0.39, 0.29) is 5.92 Å². The summed E-state index contributed by atoms with van der Waals surface area (Å²) in [5, 5.41) is 0. The van der Waals surface area contributed by atoms with Crippen LogP contribution in [0.3, 0.4) is 0 Å². The van der Waals surface area contributed by atoms with Gasteiger partial charge in [-0.3, -0.25) is 4.90 Å². The monoisotopic (exact) mass is 373 g/mol. The predicted octanol–water partition coefficient (Wildman–Crippen LogP) is 3.52. The van der Waals surface area contributed by atoms with Crippen LogP contribution in [0, 0.1) is 5.92 Å². The topological polar surface area (TPSA) is 46.6 Å². The first-order valence-corrected chi connectivity index (χ1v) is 11.2. The van der Waals surface area contributed by atoms with Gasteiger partial charge in [0.1, 0.15) is 22.2 Å². The number of hydrogen-bond acceptors (Lipinski definition) is 4. The van der Waals surface area contributed by atoms with Crippen molar-refractivity contribution in [2.24, 2.45) is 5.92 Å². The molecule has 0 radical (unpaired) electrons. The zero-order valence-corrected chi connectivity index (χ0v) is 16.1. The lowest BCUT2D eigenvalue weighted by molar-refractivity contribution is 0.178. The molecule has 26 heavy (non-hydrogen) atoms. The van der Waals surface area contributed by atoms with E-state index in [1.165, 1.54) is 11.8 Å². The summed E-state index contributed by atoms with van der Waals surface area (Å²) in [5.74, 6) is 1.42. The van der Waals surface area contributed by atoms with Crippen molar-refractivity contribution in [3.8, 4) is 5.75 Å². The molecule has 1 aliphatic rings. The fourth-order valence-electron chi connectivity index (χ4n) is 3.55. The third-order valence-corrected chi connectivity index (χ3v) is 5.80. The van der Waals surface area contributed by atoms with Crippen molar-refractivity contribution in [3.05, 3.63) is 65.7 Å². The number of ether oxygens (including phenoxy) is 1. The van der Waals surface area contributed by atoms with Gasteiger partial charge in [-0.25, -0.2) is 8.42 Å². The van der Waals surface area contributed by atoms with E-state index in [9.17, 15) is 8.42 Å². The van der Waals surface area contributed by atoms with Crippen LogP contribution in [-0.4, -0.2) is 38.4 Å². The minimum absolute atomic E-state index is 0.257. The van der Waals surface area contributed by atoms with Crippen molar-refractivity contribution in [2.45, 2.75) is 26.0 Å². The van der Waals surface area contributed by atoms with Gasteiger partial charge in [0.2, 0.25) is 0 Å². The molecule has 2 aromatic rings. The summed E-state index contributed by atoms with van der Waals surface area (Å²) in [5.41, 5.74) is 2.39. The predicted molar refractivity (Wildman–Crippen MR) is 105 cm³/mol. The van der Waals surface area contributed by atoms with E-state index in [1.54, 1.807) is 0 Å². The number of hydrogen-bond donors (Lipinski definition) is 0. The Labute approximate surface area is 156 Å². The van der Waals surface area contributed by atoms with Crippen LogP contribution in [0.25, 0.3) is 0 Å². The maximum atomic E-state index is 11.5. The van der Waals surface area contributed by atoms with Gasteiger partial charge >= 0.3 is 0 Å². The first-order valence-electron chi connectivity index (χ1n) is 9.14. The molecule has 0 amide bonds. The maximum absolute atomic E-state index is 11.5. The van der Waals surface area contributed by atoms with Gasteiger partial charge < -0.3 is 4.74 Å². The molecule has 1 aliphatic heterocycles. The van der Waals surface area contributed by atoms with Gasteiger partial charge in [-0.2, -0.15) is 0 Å². The van der Waals surface area contributed by atoms with E-state index in [4.69, 9.17) is 4.74 Å². The quantitative estimate of drug-likeness (QED) is 0.745. The average Bonchev–Trinajstić information content (AvgIpc) is 2.61. The van der Waals surface area contributed by atoms with E-state index in [1.807, 2.05) is 30.3 Å². The standard InChI is InChI=1S/C21H27NO3S/c1-26(23,24)17-20-8-5-13-22(15-20)14-18-9-11-21(12-10-18)25-16-19-6-3-2-4-7-19/h2-4,6-7,9-12,20H,5,8,13-17H2,1H3. The first-order chi connectivity index (χ1) is 12.5.